The van der Waals surface area contributed by atoms with Crippen molar-refractivity contribution in [1.29, 1.82) is 0 Å². The molecule has 11 nitrogen and oxygen atoms in total. The quantitative estimate of drug-likeness (QED) is 0.297. The number of hydrogen-bond donors (Lipinski definition) is 1. The van der Waals surface area contributed by atoms with Crippen molar-refractivity contribution in [3.05, 3.63) is 100 Å². The van der Waals surface area contributed by atoms with Crippen molar-refractivity contribution in [2.24, 2.45) is 0 Å². The van der Waals surface area contributed by atoms with Crippen LogP contribution in [0.3, 0.4) is 0 Å². The first-order valence-electron chi connectivity index (χ1n) is 13.2. The number of carbonyl (C=O) groups is 2. The maximum absolute atomic E-state index is 13.5. The first-order valence-corrected chi connectivity index (χ1v) is 13.2. The highest BCUT2D eigenvalue weighted by molar-refractivity contribution is 6.06. The van der Waals surface area contributed by atoms with Crippen LogP contribution in [0.15, 0.2) is 78.1 Å². The minimum atomic E-state index is -0.679. The number of nitrogens with zero attached hydrogens (tertiary/aromatic N) is 4. The Balaban J connectivity index is 1.27. The summed E-state index contributed by atoms with van der Waals surface area (Å²) in [6, 6.07) is 13.2. The molecule has 4 heterocycles. The summed E-state index contributed by atoms with van der Waals surface area (Å²) in [6.07, 6.45) is 7.72. The summed E-state index contributed by atoms with van der Waals surface area (Å²) in [7, 11) is 3.10. The summed E-state index contributed by atoms with van der Waals surface area (Å²) >= 11 is 0. The van der Waals surface area contributed by atoms with E-state index in [0.717, 1.165) is 0 Å². The number of fused-ring (bicyclic) bond motifs is 2. The number of nitrogens with one attached hydrogen (secondary N) is 1. The lowest BCUT2D eigenvalue weighted by Crippen LogP contribution is -2.33. The van der Waals surface area contributed by atoms with Crippen molar-refractivity contribution in [1.82, 2.24) is 19.5 Å². The lowest BCUT2D eigenvalue weighted by Gasteiger charge is -2.21. The predicted octanol–water partition coefficient (Wildman–Crippen LogP) is 4.76. The van der Waals surface area contributed by atoms with Crippen molar-refractivity contribution in [3.63, 3.8) is 0 Å². The summed E-state index contributed by atoms with van der Waals surface area (Å²) < 4.78 is 18.2. The molecule has 4 aromatic heterocycles. The molecule has 11 heteroatoms. The van der Waals surface area contributed by atoms with Gasteiger partial charge in [-0.25, -0.2) is 4.98 Å². The van der Waals surface area contributed by atoms with Crippen LogP contribution < -0.4 is 25.1 Å². The minimum Gasteiger partial charge on any atom is -0.493 e. The monoisotopic (exact) mass is 563 g/mol. The van der Waals surface area contributed by atoms with Crippen LogP contribution in [-0.2, 0) is 6.42 Å². The second kappa shape index (κ2) is 11.1. The van der Waals surface area contributed by atoms with E-state index in [4.69, 9.17) is 14.2 Å². The van der Waals surface area contributed by atoms with Crippen LogP contribution >= 0.6 is 0 Å². The lowest BCUT2D eigenvalue weighted by atomic mass is 9.93. The fourth-order valence-corrected chi connectivity index (χ4v) is 4.98. The maximum atomic E-state index is 13.5. The first kappa shape index (κ1) is 26.6. The minimum absolute atomic E-state index is 0.109. The second-order valence-corrected chi connectivity index (χ2v) is 9.52. The van der Waals surface area contributed by atoms with Gasteiger partial charge in [0, 0.05) is 41.5 Å². The van der Waals surface area contributed by atoms with Gasteiger partial charge in [0.25, 0.3) is 11.5 Å². The van der Waals surface area contributed by atoms with E-state index in [9.17, 15) is 14.4 Å². The van der Waals surface area contributed by atoms with E-state index in [2.05, 4.69) is 20.3 Å². The Morgan fingerprint density at radius 3 is 2.48 bits per heavy atom. The zero-order valence-electron chi connectivity index (χ0n) is 22.8. The van der Waals surface area contributed by atoms with Crippen LogP contribution in [0.5, 0.6) is 23.0 Å². The molecule has 6 rings (SSSR count). The summed E-state index contributed by atoms with van der Waals surface area (Å²) in [5.41, 5.74) is 1.39. The number of Topliss-reactive ketones (excluding diaryl/α,β-unsaturated/α-hetero) is 1. The van der Waals surface area contributed by atoms with Crippen molar-refractivity contribution < 1.29 is 23.8 Å². The Labute approximate surface area is 239 Å². The number of ketones is 1. The highest BCUT2D eigenvalue weighted by Gasteiger charge is 2.26. The highest BCUT2D eigenvalue weighted by Crippen LogP contribution is 2.36. The van der Waals surface area contributed by atoms with Crippen LogP contribution in [0, 0.1) is 0 Å². The van der Waals surface area contributed by atoms with Crippen LogP contribution in [0.1, 0.15) is 39.3 Å². The van der Waals surface area contributed by atoms with Gasteiger partial charge in [0.1, 0.15) is 22.9 Å². The third-order valence-electron chi connectivity index (χ3n) is 6.98. The molecule has 0 bridgehead atoms. The van der Waals surface area contributed by atoms with Crippen molar-refractivity contribution in [2.45, 2.75) is 19.3 Å². The number of anilines is 1. The average Bonchev–Trinajstić information content (AvgIpc) is 3.01. The zero-order valence-corrected chi connectivity index (χ0v) is 22.8. The molecule has 0 saturated heterocycles. The molecular weight excluding hydrogens is 538 g/mol. The fraction of sp³-hybridized carbons (Fsp3) is 0.161. The summed E-state index contributed by atoms with van der Waals surface area (Å²) in [4.78, 5) is 52.3. The first-order chi connectivity index (χ1) is 20.5. The van der Waals surface area contributed by atoms with Gasteiger partial charge >= 0.3 is 0 Å². The molecule has 1 aliphatic rings. The maximum Gasteiger partial charge on any atom is 0.268 e. The van der Waals surface area contributed by atoms with Gasteiger partial charge in [0.2, 0.25) is 0 Å². The van der Waals surface area contributed by atoms with E-state index in [1.807, 2.05) is 0 Å². The summed E-state index contributed by atoms with van der Waals surface area (Å²) in [5.74, 6) is 1.43. The lowest BCUT2D eigenvalue weighted by molar-refractivity contribution is 0.0971. The molecule has 0 atom stereocenters. The standard InChI is InChI=1S/C31H25N5O6/c1-40-27-14-20-23(15-28(27)41-2)33-12-10-26(20)42-19-8-9-29(34-17-19)35-30(38)22-13-21-24(6-3-7-25(21)37)36(31(22)39)18-5-4-11-32-16-18/h4-5,8-17H,3,6-7H2,1-2H3,(H,34,35,38). The molecule has 1 aromatic carbocycles. The van der Waals surface area contributed by atoms with Gasteiger partial charge in [-0.2, -0.15) is 0 Å². The van der Waals surface area contributed by atoms with E-state index in [-0.39, 0.29) is 17.2 Å². The third-order valence-corrected chi connectivity index (χ3v) is 6.98. The molecule has 1 amide bonds. The average molecular weight is 564 g/mol. The van der Waals surface area contributed by atoms with Gasteiger partial charge in [-0.3, -0.25) is 28.9 Å². The number of rotatable bonds is 7. The second-order valence-electron chi connectivity index (χ2n) is 9.52. The molecule has 1 aliphatic carbocycles. The number of methoxy groups -OCH3 is 2. The normalized spacial score (nSPS) is 12.5. The van der Waals surface area contributed by atoms with Crippen LogP contribution in [0.2, 0.25) is 0 Å². The van der Waals surface area contributed by atoms with E-state index < -0.39 is 11.5 Å². The Morgan fingerprint density at radius 1 is 0.905 bits per heavy atom. The zero-order chi connectivity index (χ0) is 29.2. The van der Waals surface area contributed by atoms with Gasteiger partial charge in [-0.05, 0) is 55.3 Å². The number of amides is 1. The van der Waals surface area contributed by atoms with Crippen LogP contribution in [0.25, 0.3) is 16.6 Å². The highest BCUT2D eigenvalue weighted by atomic mass is 16.5. The molecule has 0 saturated carbocycles. The van der Waals surface area contributed by atoms with Gasteiger partial charge < -0.3 is 19.5 Å². The molecule has 5 aromatic rings. The Kier molecular flexibility index (Phi) is 7.05. The van der Waals surface area contributed by atoms with Crippen molar-refractivity contribution in [3.8, 4) is 28.7 Å². The molecular formula is C31H25N5O6. The predicted molar refractivity (Wildman–Crippen MR) is 154 cm³/mol. The fourth-order valence-electron chi connectivity index (χ4n) is 4.98. The van der Waals surface area contributed by atoms with Crippen LogP contribution in [0.4, 0.5) is 5.82 Å². The molecule has 0 fully saturated rings. The molecule has 0 aliphatic heterocycles. The largest absolute Gasteiger partial charge is 0.493 e. The van der Waals surface area contributed by atoms with E-state index in [1.165, 1.54) is 23.0 Å². The van der Waals surface area contributed by atoms with E-state index in [1.54, 1.807) is 69.1 Å². The Bertz CT molecular complexity index is 1890. The number of benzene rings is 1. The topological polar surface area (TPSA) is 135 Å². The molecule has 210 valence electrons. The number of hydrogen-bond acceptors (Lipinski definition) is 9. The molecule has 0 unspecified atom stereocenters. The Hall–Kier alpha value is -5.58. The molecule has 42 heavy (non-hydrogen) atoms. The van der Waals surface area contributed by atoms with Gasteiger partial charge in [0.15, 0.2) is 17.3 Å². The van der Waals surface area contributed by atoms with Gasteiger partial charge in [-0.15, -0.1) is 0 Å². The Morgan fingerprint density at radius 2 is 1.74 bits per heavy atom. The van der Waals surface area contributed by atoms with Crippen LogP contribution in [-0.4, -0.2) is 45.4 Å². The van der Waals surface area contributed by atoms with E-state index >= 15 is 0 Å². The number of carbonyl (C=O) groups excluding carboxylic acids is 2. The number of aromatic nitrogens is 4. The third kappa shape index (κ3) is 4.92. The van der Waals surface area contributed by atoms with Gasteiger partial charge in [-0.1, -0.05) is 0 Å². The smallest absolute Gasteiger partial charge is 0.268 e. The molecule has 0 spiro atoms. The SMILES string of the molecule is COc1cc2nccc(Oc3ccc(NC(=O)c4cc5c(n(-c6cccnc6)c4=O)CCCC5=O)nc3)c2cc1OC. The van der Waals surface area contributed by atoms with Crippen molar-refractivity contribution >= 4 is 28.4 Å². The molecule has 1 N–H and O–H groups in total. The summed E-state index contributed by atoms with van der Waals surface area (Å²) in [5, 5.41) is 3.37. The van der Waals surface area contributed by atoms with Gasteiger partial charge in [0.05, 0.1) is 37.8 Å². The number of ether oxygens (including phenoxy) is 3. The number of pyridine rings is 4. The van der Waals surface area contributed by atoms with E-state index in [0.29, 0.717) is 70.1 Å². The summed E-state index contributed by atoms with van der Waals surface area (Å²) in [6.45, 7) is 0. The molecule has 0 radical (unpaired) electrons. The van der Waals surface area contributed by atoms with Crippen molar-refractivity contribution in [2.75, 3.05) is 19.5 Å².